The van der Waals surface area contributed by atoms with Crippen molar-refractivity contribution in [2.24, 2.45) is 5.92 Å². The summed E-state index contributed by atoms with van der Waals surface area (Å²) in [6.45, 7) is 6.72. The van der Waals surface area contributed by atoms with E-state index in [1.165, 1.54) is 17.1 Å². The summed E-state index contributed by atoms with van der Waals surface area (Å²) in [5.74, 6) is 0.633. The van der Waals surface area contributed by atoms with Crippen LogP contribution in [-0.2, 0) is 11.3 Å². The fraction of sp³-hybridized carbons (Fsp3) is 0.714. The maximum atomic E-state index is 11.8. The van der Waals surface area contributed by atoms with Gasteiger partial charge >= 0.3 is 5.69 Å². The number of rotatable bonds is 9. The number of amides is 1. The van der Waals surface area contributed by atoms with Gasteiger partial charge in [0.15, 0.2) is 0 Å². The summed E-state index contributed by atoms with van der Waals surface area (Å²) in [7, 11) is 0. The summed E-state index contributed by atoms with van der Waals surface area (Å²) < 4.78 is 1.42. The predicted octanol–water partition coefficient (Wildman–Crippen LogP) is 2.51. The zero-order valence-electron chi connectivity index (χ0n) is 12.9. The first-order chi connectivity index (χ1) is 9.88. The number of nitro groups is 1. The second kappa shape index (κ2) is 8.39. The lowest BCUT2D eigenvalue weighted by Crippen LogP contribution is -2.33. The van der Waals surface area contributed by atoms with Crippen molar-refractivity contribution in [3.63, 3.8) is 0 Å². The molecule has 1 aromatic heterocycles. The smallest absolute Gasteiger partial charge is 0.306 e. The third-order valence-corrected chi connectivity index (χ3v) is 3.22. The second-order valence-corrected chi connectivity index (χ2v) is 5.76. The minimum atomic E-state index is -0.500. The molecule has 1 aromatic rings. The highest BCUT2D eigenvalue weighted by Crippen LogP contribution is 2.09. The Bertz CT molecular complexity index is 471. The van der Waals surface area contributed by atoms with Crippen molar-refractivity contribution in [2.45, 2.75) is 59.0 Å². The Labute approximate surface area is 124 Å². The molecule has 1 N–H and O–H groups in total. The van der Waals surface area contributed by atoms with Gasteiger partial charge in [0.1, 0.15) is 12.4 Å². The molecule has 0 aromatic carbocycles. The highest BCUT2D eigenvalue weighted by atomic mass is 16.6. The standard InChI is InChI=1S/C14H24N4O3/c1-11(2)5-4-6-12(3)16-14(19)7-8-17-10-13(9-15-17)18(20)21/h9-12H,4-8H2,1-3H3,(H,16,19)/t12-/m0/s1. The Morgan fingerprint density at radius 2 is 2.14 bits per heavy atom. The maximum Gasteiger partial charge on any atom is 0.306 e. The number of aromatic nitrogens is 2. The van der Waals surface area contributed by atoms with Crippen LogP contribution in [0.2, 0.25) is 0 Å². The minimum Gasteiger partial charge on any atom is -0.354 e. The molecule has 7 heteroatoms. The molecule has 0 aliphatic carbocycles. The van der Waals surface area contributed by atoms with Crippen LogP contribution in [0, 0.1) is 16.0 Å². The van der Waals surface area contributed by atoms with Gasteiger partial charge in [0.2, 0.25) is 5.91 Å². The van der Waals surface area contributed by atoms with Crippen LogP contribution >= 0.6 is 0 Å². The van der Waals surface area contributed by atoms with Gasteiger partial charge in [0.25, 0.3) is 0 Å². The summed E-state index contributed by atoms with van der Waals surface area (Å²) in [5, 5.41) is 17.3. The van der Waals surface area contributed by atoms with Crippen LogP contribution < -0.4 is 5.32 Å². The first-order valence-electron chi connectivity index (χ1n) is 7.34. The quantitative estimate of drug-likeness (QED) is 0.560. The molecule has 7 nitrogen and oxygen atoms in total. The van der Waals surface area contributed by atoms with Crippen LogP contribution in [0.5, 0.6) is 0 Å². The van der Waals surface area contributed by atoms with Crippen LogP contribution in [0.3, 0.4) is 0 Å². The minimum absolute atomic E-state index is 0.0507. The van der Waals surface area contributed by atoms with E-state index in [-0.39, 0.29) is 24.1 Å². The molecule has 118 valence electrons. The van der Waals surface area contributed by atoms with E-state index in [2.05, 4.69) is 24.3 Å². The molecule has 0 aliphatic heterocycles. The van der Waals surface area contributed by atoms with E-state index in [0.717, 1.165) is 19.3 Å². The molecule has 0 aliphatic rings. The second-order valence-electron chi connectivity index (χ2n) is 5.76. The van der Waals surface area contributed by atoms with Gasteiger partial charge in [-0.2, -0.15) is 5.10 Å². The lowest BCUT2D eigenvalue weighted by atomic mass is 10.0. The van der Waals surface area contributed by atoms with Crippen molar-refractivity contribution < 1.29 is 9.72 Å². The van der Waals surface area contributed by atoms with E-state index >= 15 is 0 Å². The fourth-order valence-corrected chi connectivity index (χ4v) is 2.04. The SMILES string of the molecule is CC(C)CCC[C@H](C)NC(=O)CCn1cc([N+](=O)[O-])cn1. The summed E-state index contributed by atoms with van der Waals surface area (Å²) in [5.41, 5.74) is -0.0579. The van der Waals surface area contributed by atoms with E-state index < -0.39 is 4.92 Å². The molecule has 21 heavy (non-hydrogen) atoms. The van der Waals surface area contributed by atoms with Crippen molar-refractivity contribution in [1.82, 2.24) is 15.1 Å². The molecule has 0 saturated carbocycles. The number of hydrogen-bond donors (Lipinski definition) is 1. The number of carbonyl (C=O) groups is 1. The third-order valence-electron chi connectivity index (χ3n) is 3.22. The van der Waals surface area contributed by atoms with Gasteiger partial charge in [-0.1, -0.05) is 26.7 Å². The summed E-state index contributed by atoms with van der Waals surface area (Å²) >= 11 is 0. The van der Waals surface area contributed by atoms with Gasteiger partial charge in [0, 0.05) is 19.0 Å². The number of nitrogens with zero attached hydrogens (tertiary/aromatic N) is 3. The molecule has 0 radical (unpaired) electrons. The van der Waals surface area contributed by atoms with Gasteiger partial charge in [-0.05, 0) is 19.3 Å². The molecule has 1 atom stereocenters. The van der Waals surface area contributed by atoms with Crippen LogP contribution in [0.15, 0.2) is 12.4 Å². The molecule has 1 rings (SSSR count). The van der Waals surface area contributed by atoms with Gasteiger partial charge in [-0.3, -0.25) is 19.6 Å². The van der Waals surface area contributed by atoms with E-state index in [1.54, 1.807) is 0 Å². The number of hydrogen-bond acceptors (Lipinski definition) is 4. The average Bonchev–Trinajstić information content (AvgIpc) is 2.84. The Hall–Kier alpha value is -1.92. The molecule has 1 amide bonds. The van der Waals surface area contributed by atoms with Crippen LogP contribution in [0.4, 0.5) is 5.69 Å². The normalized spacial score (nSPS) is 12.4. The van der Waals surface area contributed by atoms with E-state index in [9.17, 15) is 14.9 Å². The highest BCUT2D eigenvalue weighted by Gasteiger charge is 2.11. The third kappa shape index (κ3) is 6.87. The molecular weight excluding hydrogens is 272 g/mol. The summed E-state index contributed by atoms with van der Waals surface area (Å²) in [4.78, 5) is 21.8. The average molecular weight is 296 g/mol. The molecule has 0 unspecified atom stereocenters. The molecule has 0 saturated heterocycles. The lowest BCUT2D eigenvalue weighted by Gasteiger charge is -2.14. The Morgan fingerprint density at radius 3 is 2.71 bits per heavy atom. The van der Waals surface area contributed by atoms with Gasteiger partial charge in [-0.15, -0.1) is 0 Å². The Balaban J connectivity index is 2.25. The first kappa shape index (κ1) is 17.1. The first-order valence-corrected chi connectivity index (χ1v) is 7.34. The fourth-order valence-electron chi connectivity index (χ4n) is 2.04. The number of aryl methyl sites for hydroxylation is 1. The van der Waals surface area contributed by atoms with Crippen molar-refractivity contribution in [1.29, 1.82) is 0 Å². The van der Waals surface area contributed by atoms with Crippen molar-refractivity contribution in [3.8, 4) is 0 Å². The molecule has 0 spiro atoms. The van der Waals surface area contributed by atoms with E-state index in [0.29, 0.717) is 12.5 Å². The number of nitrogens with one attached hydrogen (secondary N) is 1. The van der Waals surface area contributed by atoms with Gasteiger partial charge in [-0.25, -0.2) is 0 Å². The predicted molar refractivity (Wildman–Crippen MR) is 79.8 cm³/mol. The van der Waals surface area contributed by atoms with Crippen molar-refractivity contribution >= 4 is 11.6 Å². The van der Waals surface area contributed by atoms with Crippen LogP contribution in [0.25, 0.3) is 0 Å². The molecular formula is C14H24N4O3. The van der Waals surface area contributed by atoms with Crippen LogP contribution in [0.1, 0.15) is 46.5 Å². The zero-order valence-corrected chi connectivity index (χ0v) is 12.9. The van der Waals surface area contributed by atoms with E-state index in [4.69, 9.17) is 0 Å². The van der Waals surface area contributed by atoms with Crippen molar-refractivity contribution in [3.05, 3.63) is 22.5 Å². The molecule has 0 fully saturated rings. The molecule has 0 bridgehead atoms. The molecule has 1 heterocycles. The van der Waals surface area contributed by atoms with Gasteiger partial charge < -0.3 is 5.32 Å². The van der Waals surface area contributed by atoms with Crippen LogP contribution in [-0.4, -0.2) is 26.7 Å². The summed E-state index contributed by atoms with van der Waals surface area (Å²) in [6.07, 6.45) is 6.03. The maximum absolute atomic E-state index is 11.8. The highest BCUT2D eigenvalue weighted by molar-refractivity contribution is 5.76. The summed E-state index contributed by atoms with van der Waals surface area (Å²) in [6, 6.07) is 0.156. The Kier molecular flexibility index (Phi) is 6.84. The van der Waals surface area contributed by atoms with Crippen molar-refractivity contribution in [2.75, 3.05) is 0 Å². The Morgan fingerprint density at radius 1 is 1.43 bits per heavy atom. The number of carbonyl (C=O) groups excluding carboxylic acids is 1. The largest absolute Gasteiger partial charge is 0.354 e. The van der Waals surface area contributed by atoms with Gasteiger partial charge in [0.05, 0.1) is 4.92 Å². The topological polar surface area (TPSA) is 90.1 Å². The zero-order chi connectivity index (χ0) is 15.8. The monoisotopic (exact) mass is 296 g/mol. The lowest BCUT2D eigenvalue weighted by molar-refractivity contribution is -0.385. The van der Waals surface area contributed by atoms with E-state index in [1.807, 2.05) is 6.92 Å².